The molecule has 2 aromatic rings. The van der Waals surface area contributed by atoms with E-state index >= 15 is 0 Å². The number of carbonyl (C=O) groups excluding carboxylic acids is 1. The lowest BCUT2D eigenvalue weighted by atomic mass is 10.2. The number of hydrogen-bond acceptors (Lipinski definition) is 3. The van der Waals surface area contributed by atoms with E-state index in [4.69, 9.17) is 5.11 Å². The van der Waals surface area contributed by atoms with E-state index in [2.05, 4.69) is 4.98 Å². The van der Waals surface area contributed by atoms with Crippen molar-refractivity contribution in [1.29, 1.82) is 0 Å². The fraction of sp³-hybridized carbons (Fsp3) is 0.154. The van der Waals surface area contributed by atoms with Crippen LogP contribution in [0.2, 0.25) is 0 Å². The Morgan fingerprint density at radius 1 is 1.24 bits per heavy atom. The fourth-order valence-electron chi connectivity index (χ4n) is 1.75. The number of nitrogens with zero attached hydrogens (tertiary/aromatic N) is 2. The predicted molar refractivity (Wildman–Crippen MR) is 65.5 cm³/mol. The van der Waals surface area contributed by atoms with Crippen LogP contribution in [0.5, 0.6) is 0 Å². The minimum absolute atomic E-state index is 0.167. The minimum atomic E-state index is -4.77. The molecule has 8 heteroatoms. The zero-order chi connectivity index (χ0) is 15.8. The summed E-state index contributed by atoms with van der Waals surface area (Å²) in [5.74, 6) is -1.95. The van der Waals surface area contributed by atoms with Crippen LogP contribution in [0.15, 0.2) is 30.7 Å². The lowest BCUT2D eigenvalue weighted by Gasteiger charge is -2.04. The van der Waals surface area contributed by atoms with Gasteiger partial charge >= 0.3 is 12.1 Å². The molecular weight excluding hydrogens is 289 g/mol. The van der Waals surface area contributed by atoms with Crippen molar-refractivity contribution in [2.45, 2.75) is 13.1 Å². The van der Waals surface area contributed by atoms with Crippen LogP contribution in [-0.4, -0.2) is 26.4 Å². The number of carboxylic acid groups (broad SMARTS) is 1. The molecule has 0 aliphatic carbocycles. The summed E-state index contributed by atoms with van der Waals surface area (Å²) in [6.45, 7) is 1.31. The molecule has 0 fully saturated rings. The van der Waals surface area contributed by atoms with Crippen molar-refractivity contribution in [2.24, 2.45) is 0 Å². The third-order valence-corrected chi connectivity index (χ3v) is 2.77. The fourth-order valence-corrected chi connectivity index (χ4v) is 1.75. The Bertz CT molecular complexity index is 702. The Morgan fingerprint density at radius 2 is 1.90 bits per heavy atom. The highest BCUT2D eigenvalue weighted by Gasteiger charge is 2.37. The first-order valence-electron chi connectivity index (χ1n) is 5.70. The minimum Gasteiger partial charge on any atom is -0.478 e. The lowest BCUT2D eigenvalue weighted by molar-refractivity contribution is -0.138. The molecule has 5 nitrogen and oxygen atoms in total. The average molecular weight is 298 g/mol. The van der Waals surface area contributed by atoms with Gasteiger partial charge in [0.15, 0.2) is 5.78 Å². The van der Waals surface area contributed by atoms with Crippen molar-refractivity contribution < 1.29 is 27.9 Å². The van der Waals surface area contributed by atoms with Crippen molar-refractivity contribution in [1.82, 2.24) is 9.55 Å². The molecule has 110 valence electrons. The van der Waals surface area contributed by atoms with Gasteiger partial charge in [-0.25, -0.2) is 4.79 Å². The number of carbonyl (C=O) groups is 2. The zero-order valence-corrected chi connectivity index (χ0v) is 10.7. The molecule has 0 aliphatic rings. The highest BCUT2D eigenvalue weighted by Crippen LogP contribution is 2.33. The van der Waals surface area contributed by atoms with Crippen LogP contribution in [-0.2, 0) is 6.18 Å². The van der Waals surface area contributed by atoms with Crippen molar-refractivity contribution in [3.05, 3.63) is 47.5 Å². The number of hydrogen-bond donors (Lipinski definition) is 1. The number of ketones is 1. The number of carboxylic acids is 1. The molecule has 2 heterocycles. The van der Waals surface area contributed by atoms with Crippen molar-refractivity contribution in [2.75, 3.05) is 0 Å². The van der Waals surface area contributed by atoms with E-state index in [0.29, 0.717) is 6.20 Å². The van der Waals surface area contributed by atoms with Gasteiger partial charge in [0.1, 0.15) is 5.69 Å². The highest BCUT2D eigenvalue weighted by molar-refractivity contribution is 5.92. The summed E-state index contributed by atoms with van der Waals surface area (Å²) in [5.41, 5.74) is -1.71. The van der Waals surface area contributed by atoms with Gasteiger partial charge in [0.2, 0.25) is 0 Å². The first kappa shape index (κ1) is 14.8. The number of aromatic carboxylic acids is 1. The Hall–Kier alpha value is -2.64. The molecule has 0 bridgehead atoms. The van der Waals surface area contributed by atoms with E-state index in [0.717, 1.165) is 10.8 Å². The normalized spacial score (nSPS) is 11.4. The monoisotopic (exact) mass is 298 g/mol. The van der Waals surface area contributed by atoms with Crippen LogP contribution in [0.3, 0.4) is 0 Å². The van der Waals surface area contributed by atoms with E-state index in [1.807, 2.05) is 0 Å². The molecular formula is C13H9F3N2O3. The highest BCUT2D eigenvalue weighted by atomic mass is 19.4. The third-order valence-electron chi connectivity index (χ3n) is 2.77. The lowest BCUT2D eigenvalue weighted by Crippen LogP contribution is -2.09. The Morgan fingerprint density at radius 3 is 2.29 bits per heavy atom. The van der Waals surface area contributed by atoms with Gasteiger partial charge in [-0.3, -0.25) is 9.78 Å². The molecule has 2 rings (SSSR count). The van der Waals surface area contributed by atoms with E-state index in [9.17, 15) is 22.8 Å². The quantitative estimate of drug-likeness (QED) is 0.884. The zero-order valence-electron chi connectivity index (χ0n) is 10.7. The van der Waals surface area contributed by atoms with E-state index < -0.39 is 23.3 Å². The average Bonchev–Trinajstić information content (AvgIpc) is 2.84. The van der Waals surface area contributed by atoms with Gasteiger partial charge in [-0.1, -0.05) is 0 Å². The molecule has 0 atom stereocenters. The molecule has 1 N–H and O–H groups in total. The van der Waals surface area contributed by atoms with Crippen molar-refractivity contribution in [3.8, 4) is 5.69 Å². The summed E-state index contributed by atoms with van der Waals surface area (Å²) in [6.07, 6.45) is -2.04. The summed E-state index contributed by atoms with van der Waals surface area (Å²) in [7, 11) is 0. The standard InChI is InChI=1S/C13H9F3N2O3/c1-7(19)11-3-2-8(4-17-11)18-5-9(12(20)21)10(6-18)13(14,15)16/h2-6H,1H3,(H,20,21). The van der Waals surface area contributed by atoms with Crippen LogP contribution >= 0.6 is 0 Å². The summed E-state index contributed by atoms with van der Waals surface area (Å²) in [6, 6.07) is 2.74. The van der Waals surface area contributed by atoms with E-state index in [1.54, 1.807) is 0 Å². The van der Waals surface area contributed by atoms with Gasteiger partial charge in [0.05, 0.1) is 23.0 Å². The SMILES string of the molecule is CC(=O)c1ccc(-n2cc(C(=O)O)c(C(F)(F)F)c2)cn1. The van der Waals surface area contributed by atoms with Gasteiger partial charge in [0, 0.05) is 19.3 Å². The van der Waals surface area contributed by atoms with Gasteiger partial charge < -0.3 is 9.67 Å². The number of halogens is 3. The second-order valence-electron chi connectivity index (χ2n) is 4.25. The second-order valence-corrected chi connectivity index (χ2v) is 4.25. The maximum Gasteiger partial charge on any atom is 0.418 e. The van der Waals surface area contributed by atoms with Crippen LogP contribution in [0.25, 0.3) is 5.69 Å². The van der Waals surface area contributed by atoms with Crippen LogP contribution in [0.4, 0.5) is 13.2 Å². The van der Waals surface area contributed by atoms with Crippen LogP contribution in [0, 0.1) is 0 Å². The largest absolute Gasteiger partial charge is 0.478 e. The molecule has 0 aliphatic heterocycles. The van der Waals surface area contributed by atoms with Crippen LogP contribution in [0.1, 0.15) is 33.3 Å². The molecule has 0 unspecified atom stereocenters. The number of aromatic nitrogens is 2. The van der Waals surface area contributed by atoms with Crippen molar-refractivity contribution in [3.63, 3.8) is 0 Å². The van der Waals surface area contributed by atoms with E-state index in [1.165, 1.54) is 25.3 Å². The smallest absolute Gasteiger partial charge is 0.418 e. The molecule has 2 aromatic heterocycles. The number of Topliss-reactive ketones (excluding diaryl/α,β-unsaturated/α-hetero) is 1. The maximum atomic E-state index is 12.8. The topological polar surface area (TPSA) is 72.2 Å². The Kier molecular flexibility index (Phi) is 3.54. The Balaban J connectivity index is 2.50. The molecule has 0 saturated carbocycles. The maximum absolute atomic E-state index is 12.8. The summed E-state index contributed by atoms with van der Waals surface area (Å²) < 4.78 is 39.3. The molecule has 0 spiro atoms. The van der Waals surface area contributed by atoms with Gasteiger partial charge in [-0.15, -0.1) is 0 Å². The first-order chi connectivity index (χ1) is 9.70. The summed E-state index contributed by atoms with van der Waals surface area (Å²) in [5, 5.41) is 8.83. The van der Waals surface area contributed by atoms with Crippen LogP contribution < -0.4 is 0 Å². The predicted octanol–water partition coefficient (Wildman–Crippen LogP) is 2.79. The third kappa shape index (κ3) is 2.93. The summed E-state index contributed by atoms with van der Waals surface area (Å²) in [4.78, 5) is 25.8. The summed E-state index contributed by atoms with van der Waals surface area (Å²) >= 11 is 0. The molecule has 21 heavy (non-hydrogen) atoms. The van der Waals surface area contributed by atoms with Gasteiger partial charge in [-0.05, 0) is 12.1 Å². The second kappa shape index (κ2) is 5.04. The van der Waals surface area contributed by atoms with Crippen molar-refractivity contribution >= 4 is 11.8 Å². The molecule has 0 radical (unpaired) electrons. The van der Waals surface area contributed by atoms with Gasteiger partial charge in [-0.2, -0.15) is 13.2 Å². The molecule has 0 aromatic carbocycles. The molecule has 0 saturated heterocycles. The van der Waals surface area contributed by atoms with Gasteiger partial charge in [0.25, 0.3) is 0 Å². The van der Waals surface area contributed by atoms with E-state index in [-0.39, 0.29) is 17.2 Å². The number of alkyl halides is 3. The first-order valence-corrected chi connectivity index (χ1v) is 5.70. The Labute approximate surface area is 116 Å². The molecule has 0 amide bonds. The number of rotatable bonds is 3. The number of pyridine rings is 1.